The van der Waals surface area contributed by atoms with Crippen LogP contribution in [-0.2, 0) is 5.75 Å². The Labute approximate surface area is 156 Å². The highest BCUT2D eigenvalue weighted by Crippen LogP contribution is 2.28. The number of thioether (sulfide) groups is 1. The molecule has 0 amide bonds. The zero-order valence-corrected chi connectivity index (χ0v) is 15.9. The summed E-state index contributed by atoms with van der Waals surface area (Å²) in [5.74, 6) is 2.26. The van der Waals surface area contributed by atoms with Gasteiger partial charge in [0, 0.05) is 0 Å². The summed E-state index contributed by atoms with van der Waals surface area (Å²) in [7, 11) is 0. The van der Waals surface area contributed by atoms with E-state index in [0.29, 0.717) is 5.75 Å². The van der Waals surface area contributed by atoms with Crippen molar-refractivity contribution < 1.29 is 4.74 Å². The van der Waals surface area contributed by atoms with Gasteiger partial charge in [-0.15, -0.1) is 20.4 Å². The summed E-state index contributed by atoms with van der Waals surface area (Å²) in [5, 5.41) is 23.0. The molecule has 0 spiro atoms. The predicted octanol–water partition coefficient (Wildman–Crippen LogP) is 3.78. The molecule has 128 valence electrons. The summed E-state index contributed by atoms with van der Waals surface area (Å²) in [5.41, 5.74) is 0. The van der Waals surface area contributed by atoms with Gasteiger partial charge in [-0.1, -0.05) is 52.6 Å². The fraction of sp³-hybridized carbons (Fsp3) is 0.267. The van der Waals surface area contributed by atoms with Gasteiger partial charge in [-0.2, -0.15) is 9.61 Å². The van der Waals surface area contributed by atoms with Gasteiger partial charge in [0.25, 0.3) is 0 Å². The van der Waals surface area contributed by atoms with E-state index in [0.717, 1.165) is 30.9 Å². The van der Waals surface area contributed by atoms with Crippen LogP contribution in [0.3, 0.4) is 0 Å². The smallest absolute Gasteiger partial charge is 0.234 e. The minimum Gasteiger partial charge on any atom is -0.483 e. The van der Waals surface area contributed by atoms with E-state index in [1.807, 2.05) is 44.2 Å². The lowest BCUT2D eigenvalue weighted by Crippen LogP contribution is -2.04. The van der Waals surface area contributed by atoms with E-state index in [-0.39, 0.29) is 6.10 Å². The second-order valence-electron chi connectivity index (χ2n) is 5.20. The summed E-state index contributed by atoms with van der Waals surface area (Å²) >= 11 is 4.65. The molecule has 0 unspecified atom stereocenters. The molecular formula is C15H14N6OS3. The summed E-state index contributed by atoms with van der Waals surface area (Å²) in [4.78, 5) is 0.766. The topological polar surface area (TPSA) is 78.1 Å². The largest absolute Gasteiger partial charge is 0.483 e. The summed E-state index contributed by atoms with van der Waals surface area (Å²) in [6.07, 6.45) is -0.152. The normalized spacial score (nSPS) is 12.6. The highest BCUT2D eigenvalue weighted by molar-refractivity contribution is 8.00. The van der Waals surface area contributed by atoms with E-state index >= 15 is 0 Å². The average molecular weight is 391 g/mol. The Bertz CT molecular complexity index is 980. The van der Waals surface area contributed by atoms with Crippen molar-refractivity contribution >= 4 is 39.4 Å². The lowest BCUT2D eigenvalue weighted by Gasteiger charge is -2.11. The number of hydrogen-bond acceptors (Lipinski definition) is 9. The third-order valence-electron chi connectivity index (χ3n) is 3.31. The fourth-order valence-electron chi connectivity index (χ4n) is 2.14. The first kappa shape index (κ1) is 16.4. The number of aromatic nitrogens is 6. The first-order valence-electron chi connectivity index (χ1n) is 7.54. The molecule has 1 aromatic carbocycles. The van der Waals surface area contributed by atoms with Gasteiger partial charge in [0.2, 0.25) is 4.96 Å². The number of rotatable bonds is 6. The van der Waals surface area contributed by atoms with Crippen molar-refractivity contribution in [1.29, 1.82) is 0 Å². The number of fused-ring (bicyclic) bond motifs is 1. The minimum atomic E-state index is -0.152. The number of ether oxygens (including phenoxy) is 1. The fourth-order valence-corrected chi connectivity index (χ4v) is 4.70. The van der Waals surface area contributed by atoms with Crippen molar-refractivity contribution in [1.82, 2.24) is 30.0 Å². The molecule has 0 saturated carbocycles. The number of benzene rings is 1. The third-order valence-corrected chi connectivity index (χ3v) is 6.34. The van der Waals surface area contributed by atoms with Crippen molar-refractivity contribution in [3.63, 3.8) is 0 Å². The van der Waals surface area contributed by atoms with Crippen molar-refractivity contribution in [2.75, 3.05) is 0 Å². The van der Waals surface area contributed by atoms with Crippen LogP contribution in [0.2, 0.25) is 0 Å². The van der Waals surface area contributed by atoms with Crippen LogP contribution < -0.4 is 4.74 Å². The van der Waals surface area contributed by atoms with Crippen molar-refractivity contribution in [3.8, 4) is 5.75 Å². The Morgan fingerprint density at radius 1 is 1.12 bits per heavy atom. The molecular weight excluding hydrogens is 376 g/mol. The van der Waals surface area contributed by atoms with Crippen LogP contribution in [0.5, 0.6) is 5.75 Å². The molecule has 4 rings (SSSR count). The van der Waals surface area contributed by atoms with Crippen LogP contribution >= 0.6 is 34.4 Å². The Balaban J connectivity index is 1.49. The molecule has 0 aliphatic heterocycles. The molecule has 3 aromatic heterocycles. The molecule has 1 atom stereocenters. The highest BCUT2D eigenvalue weighted by atomic mass is 32.2. The van der Waals surface area contributed by atoms with E-state index in [2.05, 4.69) is 25.5 Å². The number of para-hydroxylation sites is 1. The van der Waals surface area contributed by atoms with Crippen LogP contribution in [-0.4, -0.2) is 30.0 Å². The van der Waals surface area contributed by atoms with E-state index in [1.165, 1.54) is 11.3 Å². The first-order chi connectivity index (χ1) is 12.2. The zero-order valence-electron chi connectivity index (χ0n) is 13.5. The summed E-state index contributed by atoms with van der Waals surface area (Å²) in [6, 6.07) is 9.73. The molecule has 0 bridgehead atoms. The third kappa shape index (κ3) is 3.65. The van der Waals surface area contributed by atoms with Gasteiger partial charge in [-0.3, -0.25) is 0 Å². The van der Waals surface area contributed by atoms with Crippen LogP contribution in [0.1, 0.15) is 28.9 Å². The molecule has 10 heteroatoms. The van der Waals surface area contributed by atoms with Gasteiger partial charge in [-0.25, -0.2) is 0 Å². The van der Waals surface area contributed by atoms with E-state index in [1.54, 1.807) is 27.6 Å². The second-order valence-corrected chi connectivity index (χ2v) is 8.59. The number of aryl methyl sites for hydroxylation is 1. The Kier molecular flexibility index (Phi) is 4.64. The molecule has 0 aliphatic rings. The van der Waals surface area contributed by atoms with Crippen LogP contribution in [0, 0.1) is 6.92 Å². The van der Waals surface area contributed by atoms with Gasteiger partial charge >= 0.3 is 0 Å². The van der Waals surface area contributed by atoms with Gasteiger partial charge in [-0.05, 0) is 26.0 Å². The molecule has 0 radical (unpaired) electrons. The molecule has 0 N–H and O–H groups in total. The van der Waals surface area contributed by atoms with Gasteiger partial charge in [0.05, 0.1) is 5.75 Å². The molecule has 4 aromatic rings. The van der Waals surface area contributed by atoms with Crippen LogP contribution in [0.25, 0.3) is 4.96 Å². The van der Waals surface area contributed by atoms with Crippen molar-refractivity contribution in [3.05, 3.63) is 46.2 Å². The second kappa shape index (κ2) is 7.06. The van der Waals surface area contributed by atoms with Gasteiger partial charge in [0.1, 0.15) is 16.9 Å². The molecule has 25 heavy (non-hydrogen) atoms. The quantitative estimate of drug-likeness (QED) is 0.464. The number of hydrogen-bond donors (Lipinski definition) is 0. The minimum absolute atomic E-state index is 0.152. The van der Waals surface area contributed by atoms with Crippen molar-refractivity contribution in [2.45, 2.75) is 30.0 Å². The summed E-state index contributed by atoms with van der Waals surface area (Å²) < 4.78 is 8.64. The maximum absolute atomic E-state index is 5.94. The van der Waals surface area contributed by atoms with Crippen molar-refractivity contribution in [2.24, 2.45) is 0 Å². The lowest BCUT2D eigenvalue weighted by atomic mass is 10.3. The molecule has 0 saturated heterocycles. The van der Waals surface area contributed by atoms with E-state index in [4.69, 9.17) is 4.74 Å². The first-order valence-corrected chi connectivity index (χ1v) is 10.2. The number of nitrogens with zero attached hydrogens (tertiary/aromatic N) is 6. The Hall–Kier alpha value is -2.04. The Morgan fingerprint density at radius 2 is 1.96 bits per heavy atom. The molecule has 7 nitrogen and oxygen atoms in total. The SMILES string of the molecule is Cc1nnc(SCc2nnc3sc([C@@H](C)Oc4ccccc4)nn23)s1. The maximum Gasteiger partial charge on any atom is 0.234 e. The molecule has 0 fully saturated rings. The van der Waals surface area contributed by atoms with Crippen LogP contribution in [0.4, 0.5) is 0 Å². The van der Waals surface area contributed by atoms with Gasteiger partial charge in [0.15, 0.2) is 15.2 Å². The maximum atomic E-state index is 5.94. The predicted molar refractivity (Wildman–Crippen MR) is 98.4 cm³/mol. The average Bonchev–Trinajstić information content (AvgIpc) is 3.30. The zero-order chi connectivity index (χ0) is 17.2. The lowest BCUT2D eigenvalue weighted by molar-refractivity contribution is 0.225. The summed E-state index contributed by atoms with van der Waals surface area (Å²) in [6.45, 7) is 3.93. The van der Waals surface area contributed by atoms with E-state index in [9.17, 15) is 0 Å². The Morgan fingerprint density at radius 3 is 2.72 bits per heavy atom. The highest BCUT2D eigenvalue weighted by Gasteiger charge is 2.18. The van der Waals surface area contributed by atoms with Gasteiger partial charge < -0.3 is 4.74 Å². The molecule has 3 heterocycles. The van der Waals surface area contributed by atoms with Crippen LogP contribution in [0.15, 0.2) is 34.7 Å². The standard InChI is InChI=1S/C15H14N6OS3/c1-9(22-11-6-4-3-5-7-11)13-20-21-12(17-18-14(21)25-13)8-23-15-19-16-10(2)24-15/h3-7,9H,8H2,1-2H3/t9-/m1/s1. The van der Waals surface area contributed by atoms with E-state index < -0.39 is 0 Å². The monoisotopic (exact) mass is 390 g/mol. The molecule has 0 aliphatic carbocycles.